The highest BCUT2D eigenvalue weighted by Crippen LogP contribution is 2.17. The average Bonchev–Trinajstić information content (AvgIpc) is 3.03. The Labute approximate surface area is 135 Å². The number of carbonyl (C=O) groups excluding carboxylic acids is 1. The van der Waals surface area contributed by atoms with Crippen LogP contribution in [0.4, 0.5) is 0 Å². The molecule has 23 heavy (non-hydrogen) atoms. The van der Waals surface area contributed by atoms with E-state index in [1.54, 1.807) is 19.2 Å². The fourth-order valence-electron chi connectivity index (χ4n) is 2.01. The fraction of sp³-hybridized carbons (Fsp3) is 0.353. The highest BCUT2D eigenvalue weighted by atomic mass is 16.5. The lowest BCUT2D eigenvalue weighted by Gasteiger charge is -2.15. The van der Waals surface area contributed by atoms with Crippen LogP contribution in [0.2, 0.25) is 0 Å². The Hall–Kier alpha value is -2.47. The molecule has 124 valence electrons. The molecule has 1 heterocycles. The SMILES string of the molecule is COC(=O)c1ccc(CN(C)CCOc2ccc(OC)cc2)o1. The van der Waals surface area contributed by atoms with Crippen molar-refractivity contribution in [3.8, 4) is 11.5 Å². The van der Waals surface area contributed by atoms with Crippen LogP contribution in [0.15, 0.2) is 40.8 Å². The van der Waals surface area contributed by atoms with E-state index in [0.29, 0.717) is 18.9 Å². The molecule has 2 aromatic rings. The summed E-state index contributed by atoms with van der Waals surface area (Å²) in [5, 5.41) is 0. The first kappa shape index (κ1) is 16.9. The maximum Gasteiger partial charge on any atom is 0.373 e. The molecule has 0 atom stereocenters. The first-order valence-corrected chi connectivity index (χ1v) is 7.25. The van der Waals surface area contributed by atoms with Crippen molar-refractivity contribution in [1.29, 1.82) is 0 Å². The molecule has 0 bridgehead atoms. The van der Waals surface area contributed by atoms with Crippen molar-refractivity contribution in [1.82, 2.24) is 4.90 Å². The molecule has 0 fully saturated rings. The number of hydrogen-bond donors (Lipinski definition) is 0. The van der Waals surface area contributed by atoms with Gasteiger partial charge in [-0.25, -0.2) is 4.79 Å². The second-order valence-corrected chi connectivity index (χ2v) is 5.02. The predicted molar refractivity (Wildman–Crippen MR) is 84.9 cm³/mol. The van der Waals surface area contributed by atoms with Gasteiger partial charge < -0.3 is 18.6 Å². The molecule has 0 saturated carbocycles. The minimum atomic E-state index is -0.471. The molecule has 0 saturated heterocycles. The normalized spacial score (nSPS) is 10.6. The maximum atomic E-state index is 11.3. The number of carbonyl (C=O) groups is 1. The van der Waals surface area contributed by atoms with Crippen molar-refractivity contribution >= 4 is 5.97 Å². The monoisotopic (exact) mass is 319 g/mol. The number of hydrogen-bond acceptors (Lipinski definition) is 6. The van der Waals surface area contributed by atoms with E-state index in [2.05, 4.69) is 4.74 Å². The van der Waals surface area contributed by atoms with E-state index in [9.17, 15) is 4.79 Å². The largest absolute Gasteiger partial charge is 0.497 e. The first-order chi connectivity index (χ1) is 11.1. The van der Waals surface area contributed by atoms with Crippen LogP contribution in [0, 0.1) is 0 Å². The van der Waals surface area contributed by atoms with Gasteiger partial charge in [0.15, 0.2) is 0 Å². The molecule has 0 aliphatic heterocycles. The minimum Gasteiger partial charge on any atom is -0.497 e. The third-order valence-corrected chi connectivity index (χ3v) is 3.28. The van der Waals surface area contributed by atoms with E-state index in [1.165, 1.54) is 7.11 Å². The molecule has 1 aromatic carbocycles. The summed E-state index contributed by atoms with van der Waals surface area (Å²) in [6.07, 6.45) is 0. The van der Waals surface area contributed by atoms with Gasteiger partial charge >= 0.3 is 5.97 Å². The van der Waals surface area contributed by atoms with Crippen LogP contribution in [-0.2, 0) is 11.3 Å². The zero-order chi connectivity index (χ0) is 16.7. The number of esters is 1. The highest BCUT2D eigenvalue weighted by molar-refractivity contribution is 5.86. The van der Waals surface area contributed by atoms with Crippen LogP contribution in [0.25, 0.3) is 0 Å². The van der Waals surface area contributed by atoms with Gasteiger partial charge in [-0.1, -0.05) is 0 Å². The summed E-state index contributed by atoms with van der Waals surface area (Å²) in [5.74, 6) is 2.04. The molecule has 6 heteroatoms. The predicted octanol–water partition coefficient (Wildman–Crippen LogP) is 2.59. The summed E-state index contributed by atoms with van der Waals surface area (Å²) < 4.78 is 20.8. The van der Waals surface area contributed by atoms with E-state index in [0.717, 1.165) is 18.0 Å². The lowest BCUT2D eigenvalue weighted by atomic mass is 10.3. The molecule has 0 radical (unpaired) electrons. The van der Waals surface area contributed by atoms with Gasteiger partial charge in [-0.3, -0.25) is 4.90 Å². The first-order valence-electron chi connectivity index (χ1n) is 7.25. The van der Waals surface area contributed by atoms with Crippen LogP contribution >= 0.6 is 0 Å². The smallest absolute Gasteiger partial charge is 0.373 e. The third kappa shape index (κ3) is 5.03. The molecule has 0 spiro atoms. The fourth-order valence-corrected chi connectivity index (χ4v) is 2.01. The van der Waals surface area contributed by atoms with Gasteiger partial charge in [0.2, 0.25) is 5.76 Å². The average molecular weight is 319 g/mol. The topological polar surface area (TPSA) is 61.1 Å². The van der Waals surface area contributed by atoms with E-state index in [4.69, 9.17) is 13.9 Å². The molecule has 0 aliphatic rings. The van der Waals surface area contributed by atoms with Crippen molar-refractivity contribution < 1.29 is 23.4 Å². The van der Waals surface area contributed by atoms with Gasteiger partial charge in [0.25, 0.3) is 0 Å². The Kier molecular flexibility index (Phi) is 6.05. The van der Waals surface area contributed by atoms with Crippen LogP contribution < -0.4 is 9.47 Å². The van der Waals surface area contributed by atoms with Gasteiger partial charge in [-0.15, -0.1) is 0 Å². The Bertz CT molecular complexity index is 620. The summed E-state index contributed by atoms with van der Waals surface area (Å²) in [4.78, 5) is 13.4. The zero-order valence-electron chi connectivity index (χ0n) is 13.6. The number of nitrogens with zero attached hydrogens (tertiary/aromatic N) is 1. The van der Waals surface area contributed by atoms with E-state index in [-0.39, 0.29) is 5.76 Å². The molecule has 1 aromatic heterocycles. The van der Waals surface area contributed by atoms with Gasteiger partial charge in [-0.05, 0) is 43.4 Å². The van der Waals surface area contributed by atoms with Crippen molar-refractivity contribution in [2.75, 3.05) is 34.4 Å². The number of benzene rings is 1. The molecule has 6 nitrogen and oxygen atoms in total. The molecular formula is C17H21NO5. The summed E-state index contributed by atoms with van der Waals surface area (Å²) in [6, 6.07) is 10.8. The van der Waals surface area contributed by atoms with Gasteiger partial charge in [0.1, 0.15) is 23.9 Å². The standard InChI is InChI=1S/C17H21NO5/c1-18(12-15-8-9-16(23-15)17(19)21-3)10-11-22-14-6-4-13(20-2)5-7-14/h4-9H,10-12H2,1-3H3. The lowest BCUT2D eigenvalue weighted by molar-refractivity contribution is 0.0561. The molecule has 0 amide bonds. The molecule has 0 aliphatic carbocycles. The second kappa shape index (κ2) is 8.24. The molecule has 0 unspecified atom stereocenters. The number of likely N-dealkylation sites (N-methyl/N-ethyl adjacent to an activating group) is 1. The van der Waals surface area contributed by atoms with Crippen LogP contribution in [-0.4, -0.2) is 45.3 Å². The Morgan fingerprint density at radius 2 is 1.78 bits per heavy atom. The van der Waals surface area contributed by atoms with E-state index >= 15 is 0 Å². The van der Waals surface area contributed by atoms with Crippen LogP contribution in [0.3, 0.4) is 0 Å². The van der Waals surface area contributed by atoms with Crippen molar-refractivity contribution in [3.05, 3.63) is 47.9 Å². The van der Waals surface area contributed by atoms with Crippen molar-refractivity contribution in [2.45, 2.75) is 6.54 Å². The van der Waals surface area contributed by atoms with Gasteiger partial charge in [-0.2, -0.15) is 0 Å². The zero-order valence-corrected chi connectivity index (χ0v) is 13.6. The highest BCUT2D eigenvalue weighted by Gasteiger charge is 2.12. The number of rotatable bonds is 8. The summed E-state index contributed by atoms with van der Waals surface area (Å²) in [5.41, 5.74) is 0. The van der Waals surface area contributed by atoms with Crippen molar-refractivity contribution in [2.24, 2.45) is 0 Å². The molecule has 0 N–H and O–H groups in total. The maximum absolute atomic E-state index is 11.3. The lowest BCUT2D eigenvalue weighted by Crippen LogP contribution is -2.23. The molecular weight excluding hydrogens is 298 g/mol. The van der Waals surface area contributed by atoms with E-state index < -0.39 is 5.97 Å². The van der Waals surface area contributed by atoms with Crippen molar-refractivity contribution in [3.63, 3.8) is 0 Å². The Morgan fingerprint density at radius 3 is 2.43 bits per heavy atom. The molecule has 2 rings (SSSR count). The van der Waals surface area contributed by atoms with E-state index in [1.807, 2.05) is 36.2 Å². The summed E-state index contributed by atoms with van der Waals surface area (Å²) in [7, 11) is 4.91. The van der Waals surface area contributed by atoms with Gasteiger partial charge in [0.05, 0.1) is 20.8 Å². The van der Waals surface area contributed by atoms with Crippen LogP contribution in [0.5, 0.6) is 11.5 Å². The summed E-state index contributed by atoms with van der Waals surface area (Å²) >= 11 is 0. The summed E-state index contributed by atoms with van der Waals surface area (Å²) in [6.45, 7) is 1.86. The number of furan rings is 1. The minimum absolute atomic E-state index is 0.213. The second-order valence-electron chi connectivity index (χ2n) is 5.02. The number of ether oxygens (including phenoxy) is 3. The van der Waals surface area contributed by atoms with Gasteiger partial charge in [0, 0.05) is 6.54 Å². The third-order valence-electron chi connectivity index (χ3n) is 3.28. The van der Waals surface area contributed by atoms with Crippen LogP contribution in [0.1, 0.15) is 16.3 Å². The Balaban J connectivity index is 1.75. The number of methoxy groups -OCH3 is 2. The Morgan fingerprint density at radius 1 is 1.09 bits per heavy atom. The quantitative estimate of drug-likeness (QED) is 0.697.